The van der Waals surface area contributed by atoms with Crippen LogP contribution in [0, 0.1) is 10.1 Å². The van der Waals surface area contributed by atoms with Gasteiger partial charge in [-0.05, 0) is 18.9 Å². The number of sulfonamides is 1. The van der Waals surface area contributed by atoms with Gasteiger partial charge in [0.2, 0.25) is 10.0 Å². The molecule has 0 unspecified atom stereocenters. The molecule has 1 aromatic carbocycles. The number of hydrogen-bond acceptors (Lipinski definition) is 6. The highest BCUT2D eigenvalue weighted by molar-refractivity contribution is 7.88. The summed E-state index contributed by atoms with van der Waals surface area (Å²) in [5.41, 5.74) is 0.858. The number of nitro benzene ring substituents is 1. The van der Waals surface area contributed by atoms with E-state index in [1.807, 2.05) is 0 Å². The third kappa shape index (κ3) is 3.89. The summed E-state index contributed by atoms with van der Waals surface area (Å²) in [6.45, 7) is 1.99. The van der Waals surface area contributed by atoms with Crippen LogP contribution in [0.2, 0.25) is 0 Å². The largest absolute Gasteiger partial charge is 0.283 e. The Morgan fingerprint density at radius 3 is 2.96 bits per heavy atom. The molecule has 9 nitrogen and oxygen atoms in total. The van der Waals surface area contributed by atoms with Gasteiger partial charge in [0.05, 0.1) is 29.6 Å². The number of fused-ring (bicyclic) bond motifs is 1. The molecular weight excluding hydrogens is 334 g/mol. The van der Waals surface area contributed by atoms with Crippen LogP contribution in [0.5, 0.6) is 0 Å². The Bertz CT molecular complexity index is 863. The first-order chi connectivity index (χ1) is 11.3. The fourth-order valence-corrected chi connectivity index (χ4v) is 3.87. The molecule has 2 heterocycles. The van der Waals surface area contributed by atoms with Gasteiger partial charge in [0.25, 0.3) is 5.69 Å². The van der Waals surface area contributed by atoms with E-state index >= 15 is 0 Å². The van der Waals surface area contributed by atoms with Crippen LogP contribution in [-0.4, -0.2) is 53.4 Å². The molecule has 1 saturated heterocycles. The lowest BCUT2D eigenvalue weighted by atomic mass is 10.1. The molecule has 1 aromatic heterocycles. The summed E-state index contributed by atoms with van der Waals surface area (Å²) in [5, 5.41) is 15.9. The van der Waals surface area contributed by atoms with Crippen LogP contribution in [0.15, 0.2) is 24.4 Å². The highest BCUT2D eigenvalue weighted by Crippen LogP contribution is 2.21. The van der Waals surface area contributed by atoms with Gasteiger partial charge in [-0.15, -0.1) is 0 Å². The summed E-state index contributed by atoms with van der Waals surface area (Å²) in [6.07, 6.45) is 4.49. The Hall–Kier alpha value is -2.04. The third-order valence-corrected chi connectivity index (χ3v) is 4.82. The van der Waals surface area contributed by atoms with Crippen LogP contribution in [-0.2, 0) is 16.7 Å². The van der Waals surface area contributed by atoms with Crippen molar-refractivity contribution in [3.8, 4) is 0 Å². The summed E-state index contributed by atoms with van der Waals surface area (Å²) >= 11 is 0. The number of nitrogens with one attached hydrogen (secondary N) is 1. The van der Waals surface area contributed by atoms with E-state index in [0.717, 1.165) is 24.9 Å². The van der Waals surface area contributed by atoms with Gasteiger partial charge < -0.3 is 0 Å². The van der Waals surface area contributed by atoms with Gasteiger partial charge in [0, 0.05) is 36.7 Å². The topological polar surface area (TPSA) is 110 Å². The van der Waals surface area contributed by atoms with Crippen molar-refractivity contribution in [1.82, 2.24) is 19.4 Å². The van der Waals surface area contributed by atoms with Crippen molar-refractivity contribution in [2.75, 3.05) is 19.3 Å². The fraction of sp³-hybridized carbons (Fsp3) is 0.500. The van der Waals surface area contributed by atoms with Crippen LogP contribution in [0.3, 0.4) is 0 Å². The number of benzene rings is 1. The number of rotatable bonds is 5. The molecule has 2 aromatic rings. The maximum Gasteiger partial charge on any atom is 0.270 e. The molecule has 1 aliphatic heterocycles. The van der Waals surface area contributed by atoms with Gasteiger partial charge >= 0.3 is 0 Å². The normalized spacial score (nSPS) is 19.6. The molecule has 0 bridgehead atoms. The van der Waals surface area contributed by atoms with E-state index in [-0.39, 0.29) is 11.7 Å². The Balaban J connectivity index is 1.74. The minimum Gasteiger partial charge on any atom is -0.283 e. The highest BCUT2D eigenvalue weighted by Gasteiger charge is 2.23. The maximum absolute atomic E-state index is 11.4. The van der Waals surface area contributed by atoms with E-state index < -0.39 is 14.9 Å². The minimum absolute atomic E-state index is 0.0393. The van der Waals surface area contributed by atoms with Crippen molar-refractivity contribution in [1.29, 1.82) is 0 Å². The Kier molecular flexibility index (Phi) is 4.52. The first-order valence-corrected chi connectivity index (χ1v) is 9.50. The van der Waals surface area contributed by atoms with Crippen LogP contribution >= 0.6 is 0 Å². The molecule has 130 valence electrons. The first-order valence-electron chi connectivity index (χ1n) is 7.61. The molecule has 0 aliphatic carbocycles. The van der Waals surface area contributed by atoms with Crippen molar-refractivity contribution >= 4 is 26.6 Å². The Morgan fingerprint density at radius 2 is 2.25 bits per heavy atom. The number of aromatic nitrogens is 2. The van der Waals surface area contributed by atoms with E-state index in [0.29, 0.717) is 18.6 Å². The molecule has 0 spiro atoms. The summed E-state index contributed by atoms with van der Waals surface area (Å²) in [6, 6.07) is 4.56. The number of likely N-dealkylation sites (tertiary alicyclic amines) is 1. The molecule has 1 aliphatic rings. The average molecular weight is 353 g/mol. The fourth-order valence-electron chi connectivity index (χ4n) is 3.07. The number of nitro groups is 1. The second-order valence-electron chi connectivity index (χ2n) is 6.09. The van der Waals surface area contributed by atoms with Crippen LogP contribution in [0.25, 0.3) is 10.9 Å². The zero-order valence-corrected chi connectivity index (χ0v) is 14.1. The summed E-state index contributed by atoms with van der Waals surface area (Å²) in [5.74, 6) is 0. The minimum atomic E-state index is -3.22. The van der Waals surface area contributed by atoms with Gasteiger partial charge in [-0.1, -0.05) is 0 Å². The molecular formula is C14H19N5O4S. The van der Waals surface area contributed by atoms with Crippen LogP contribution < -0.4 is 4.72 Å². The zero-order chi connectivity index (χ0) is 17.3. The van der Waals surface area contributed by atoms with Crippen molar-refractivity contribution < 1.29 is 13.3 Å². The molecule has 3 rings (SSSR count). The van der Waals surface area contributed by atoms with E-state index in [1.54, 1.807) is 16.9 Å². The van der Waals surface area contributed by atoms with Crippen molar-refractivity contribution in [3.63, 3.8) is 0 Å². The predicted octanol–water partition coefficient (Wildman–Crippen LogP) is 0.916. The molecule has 24 heavy (non-hydrogen) atoms. The molecule has 1 N–H and O–H groups in total. The average Bonchev–Trinajstić information content (AvgIpc) is 2.88. The number of piperidine rings is 1. The van der Waals surface area contributed by atoms with E-state index in [9.17, 15) is 18.5 Å². The van der Waals surface area contributed by atoms with Gasteiger partial charge in [-0.25, -0.2) is 13.1 Å². The second-order valence-corrected chi connectivity index (χ2v) is 7.87. The lowest BCUT2D eigenvalue weighted by molar-refractivity contribution is -0.384. The van der Waals surface area contributed by atoms with Crippen molar-refractivity contribution in [3.05, 3.63) is 34.5 Å². The summed E-state index contributed by atoms with van der Waals surface area (Å²) < 4.78 is 27.2. The first kappa shape index (κ1) is 16.8. The number of hydrogen-bond donors (Lipinski definition) is 1. The molecule has 0 radical (unpaired) electrons. The summed E-state index contributed by atoms with van der Waals surface area (Å²) in [7, 11) is -3.22. The third-order valence-electron chi connectivity index (χ3n) is 4.06. The van der Waals surface area contributed by atoms with E-state index in [4.69, 9.17) is 0 Å². The molecule has 10 heteroatoms. The quantitative estimate of drug-likeness (QED) is 0.632. The standard InChI is InChI=1S/C14H19N5O4S/c1-24(22,23)16-12-3-2-6-17(9-12)10-18-14-5-4-13(19(20)21)7-11(14)8-15-18/h4-5,7-8,12,16H,2-3,6,9-10H2,1H3/t12-/m0/s1. The molecule has 0 saturated carbocycles. The Labute approximate surface area is 139 Å². The predicted molar refractivity (Wildman–Crippen MR) is 89.0 cm³/mol. The lowest BCUT2D eigenvalue weighted by Gasteiger charge is -2.32. The highest BCUT2D eigenvalue weighted by atomic mass is 32.2. The Morgan fingerprint density at radius 1 is 1.46 bits per heavy atom. The smallest absolute Gasteiger partial charge is 0.270 e. The number of nitrogens with zero attached hydrogens (tertiary/aromatic N) is 4. The zero-order valence-electron chi connectivity index (χ0n) is 13.3. The van der Waals surface area contributed by atoms with E-state index in [1.165, 1.54) is 18.4 Å². The van der Waals surface area contributed by atoms with Gasteiger partial charge in [-0.3, -0.25) is 19.7 Å². The molecule has 1 atom stereocenters. The van der Waals surface area contributed by atoms with Gasteiger partial charge in [0.15, 0.2) is 0 Å². The second kappa shape index (κ2) is 6.46. The SMILES string of the molecule is CS(=O)(=O)N[C@H]1CCCN(Cn2ncc3cc([N+](=O)[O-])ccc32)C1. The molecule has 1 fully saturated rings. The van der Waals surface area contributed by atoms with Crippen molar-refractivity contribution in [2.45, 2.75) is 25.6 Å². The van der Waals surface area contributed by atoms with Gasteiger partial charge in [0.1, 0.15) is 0 Å². The van der Waals surface area contributed by atoms with E-state index in [2.05, 4.69) is 14.7 Å². The monoisotopic (exact) mass is 353 g/mol. The lowest BCUT2D eigenvalue weighted by Crippen LogP contribution is -2.47. The maximum atomic E-state index is 11.4. The van der Waals surface area contributed by atoms with Crippen LogP contribution in [0.1, 0.15) is 12.8 Å². The number of non-ortho nitro benzene ring substituents is 1. The van der Waals surface area contributed by atoms with Gasteiger partial charge in [-0.2, -0.15) is 5.10 Å². The van der Waals surface area contributed by atoms with Crippen molar-refractivity contribution in [2.24, 2.45) is 0 Å². The molecule has 0 amide bonds. The van der Waals surface area contributed by atoms with Crippen LogP contribution in [0.4, 0.5) is 5.69 Å². The summed E-state index contributed by atoms with van der Waals surface area (Å²) in [4.78, 5) is 12.5.